The van der Waals surface area contributed by atoms with E-state index in [1.807, 2.05) is 0 Å². The molecule has 1 aliphatic rings. The van der Waals surface area contributed by atoms with Gasteiger partial charge in [-0.25, -0.2) is 0 Å². The predicted octanol–water partition coefficient (Wildman–Crippen LogP) is 3.64. The molecule has 2 rings (SSSR count). The van der Waals surface area contributed by atoms with Crippen LogP contribution in [-0.2, 0) is 0 Å². The quantitative estimate of drug-likeness (QED) is 0.632. The first-order valence-corrected chi connectivity index (χ1v) is 5.68. The van der Waals surface area contributed by atoms with Gasteiger partial charge in [-0.15, -0.1) is 0 Å². The molecule has 0 spiro atoms. The minimum absolute atomic E-state index is 0.778. The van der Waals surface area contributed by atoms with Gasteiger partial charge in [0.2, 0.25) is 0 Å². The Morgan fingerprint density at radius 2 is 1.92 bits per heavy atom. The van der Waals surface area contributed by atoms with Gasteiger partial charge in [0.25, 0.3) is 0 Å². The molecule has 1 fully saturated rings. The van der Waals surface area contributed by atoms with Crippen molar-refractivity contribution in [3.8, 4) is 0 Å². The van der Waals surface area contributed by atoms with E-state index < -0.39 is 0 Å². The number of hydrogen-bond donors (Lipinski definition) is 0. The fourth-order valence-electron chi connectivity index (χ4n) is 1.67. The molecule has 0 aromatic heterocycles. The van der Waals surface area contributed by atoms with E-state index >= 15 is 0 Å². The molecule has 64 valence electrons. The third-order valence-corrected chi connectivity index (χ3v) is 3.79. The Balaban J connectivity index is 2.08. The van der Waals surface area contributed by atoms with E-state index in [4.69, 9.17) is 0 Å². The average molecular weight is 178 g/mol. The van der Waals surface area contributed by atoms with Gasteiger partial charge in [0, 0.05) is 5.25 Å². The van der Waals surface area contributed by atoms with E-state index in [1.54, 1.807) is 0 Å². The largest absolute Gasteiger partial charge is 0.154 e. The molecule has 0 nitrogen and oxygen atoms in total. The molecule has 1 aromatic carbocycles. The van der Waals surface area contributed by atoms with Gasteiger partial charge in [0.05, 0.1) is 0 Å². The fraction of sp³-hybridized carbons (Fsp3) is 0.455. The molecule has 12 heavy (non-hydrogen) atoms. The topological polar surface area (TPSA) is 0 Å². The second kappa shape index (κ2) is 3.99. The SMILES string of the molecule is c1ccc([C@@H]2CCCCS2)cc1. The van der Waals surface area contributed by atoms with Crippen LogP contribution in [0.15, 0.2) is 30.3 Å². The number of rotatable bonds is 1. The maximum Gasteiger partial charge on any atom is 0.0297 e. The van der Waals surface area contributed by atoms with Crippen LogP contribution in [0.3, 0.4) is 0 Å². The van der Waals surface area contributed by atoms with Gasteiger partial charge in [-0.1, -0.05) is 36.8 Å². The summed E-state index contributed by atoms with van der Waals surface area (Å²) in [4.78, 5) is 0. The van der Waals surface area contributed by atoms with Crippen LogP contribution in [0.25, 0.3) is 0 Å². The van der Waals surface area contributed by atoms with Crippen molar-refractivity contribution in [2.75, 3.05) is 5.75 Å². The molecule has 0 amide bonds. The summed E-state index contributed by atoms with van der Waals surface area (Å²) in [6.45, 7) is 0. The summed E-state index contributed by atoms with van der Waals surface area (Å²) in [5.41, 5.74) is 1.52. The van der Waals surface area contributed by atoms with E-state index in [0.717, 1.165) is 5.25 Å². The second-order valence-electron chi connectivity index (χ2n) is 3.27. The van der Waals surface area contributed by atoms with Crippen molar-refractivity contribution < 1.29 is 0 Å². The molecule has 0 unspecified atom stereocenters. The minimum Gasteiger partial charge on any atom is -0.154 e. The lowest BCUT2D eigenvalue weighted by Gasteiger charge is -2.21. The number of hydrogen-bond acceptors (Lipinski definition) is 1. The predicted molar refractivity (Wildman–Crippen MR) is 55.5 cm³/mol. The van der Waals surface area contributed by atoms with E-state index in [0.29, 0.717) is 0 Å². The Labute approximate surface area is 78.4 Å². The highest BCUT2D eigenvalue weighted by Crippen LogP contribution is 2.37. The van der Waals surface area contributed by atoms with Gasteiger partial charge in [0.15, 0.2) is 0 Å². The van der Waals surface area contributed by atoms with Crippen molar-refractivity contribution in [1.82, 2.24) is 0 Å². The van der Waals surface area contributed by atoms with Crippen molar-refractivity contribution in [2.24, 2.45) is 0 Å². The Morgan fingerprint density at radius 3 is 2.58 bits per heavy atom. The zero-order valence-electron chi connectivity index (χ0n) is 7.20. The first-order valence-electron chi connectivity index (χ1n) is 4.63. The van der Waals surface area contributed by atoms with Crippen LogP contribution in [0, 0.1) is 0 Å². The lowest BCUT2D eigenvalue weighted by molar-refractivity contribution is 0.686. The molecule has 0 radical (unpaired) electrons. The Kier molecular flexibility index (Phi) is 2.72. The summed E-state index contributed by atoms with van der Waals surface area (Å²) in [5, 5.41) is 0.778. The summed E-state index contributed by atoms with van der Waals surface area (Å²) in [6.07, 6.45) is 4.19. The summed E-state index contributed by atoms with van der Waals surface area (Å²) in [7, 11) is 0. The molecule has 1 saturated heterocycles. The molecule has 1 heterocycles. The van der Waals surface area contributed by atoms with Crippen LogP contribution in [-0.4, -0.2) is 5.75 Å². The van der Waals surface area contributed by atoms with Gasteiger partial charge < -0.3 is 0 Å². The molecule has 1 aliphatic heterocycles. The Bertz CT molecular complexity index is 224. The van der Waals surface area contributed by atoms with E-state index in [1.165, 1.54) is 30.6 Å². The molecular formula is C11H14S. The molecule has 0 bridgehead atoms. The summed E-state index contributed by atoms with van der Waals surface area (Å²) >= 11 is 2.12. The summed E-state index contributed by atoms with van der Waals surface area (Å²) in [5.74, 6) is 1.35. The van der Waals surface area contributed by atoms with Crippen LogP contribution in [0.1, 0.15) is 30.1 Å². The van der Waals surface area contributed by atoms with Crippen molar-refractivity contribution in [2.45, 2.75) is 24.5 Å². The average Bonchev–Trinajstić information content (AvgIpc) is 2.21. The monoisotopic (exact) mass is 178 g/mol. The van der Waals surface area contributed by atoms with Crippen LogP contribution in [0.4, 0.5) is 0 Å². The minimum atomic E-state index is 0.778. The first-order chi connectivity index (χ1) is 5.97. The second-order valence-corrected chi connectivity index (χ2v) is 4.58. The van der Waals surface area contributed by atoms with Gasteiger partial charge >= 0.3 is 0 Å². The molecular weight excluding hydrogens is 164 g/mol. The van der Waals surface area contributed by atoms with Gasteiger partial charge in [0.1, 0.15) is 0 Å². The Morgan fingerprint density at radius 1 is 1.08 bits per heavy atom. The first kappa shape index (κ1) is 8.18. The van der Waals surface area contributed by atoms with Crippen molar-refractivity contribution in [1.29, 1.82) is 0 Å². The lowest BCUT2D eigenvalue weighted by Crippen LogP contribution is -2.01. The van der Waals surface area contributed by atoms with E-state index in [-0.39, 0.29) is 0 Å². The zero-order chi connectivity index (χ0) is 8.23. The van der Waals surface area contributed by atoms with Crippen molar-refractivity contribution in [3.05, 3.63) is 35.9 Å². The number of benzene rings is 1. The maximum absolute atomic E-state index is 2.25. The fourth-order valence-corrected chi connectivity index (χ4v) is 3.01. The Hall–Kier alpha value is -0.430. The summed E-state index contributed by atoms with van der Waals surface area (Å²) in [6, 6.07) is 10.9. The smallest absolute Gasteiger partial charge is 0.0297 e. The molecule has 1 atom stereocenters. The molecule has 1 heteroatoms. The molecule has 1 aromatic rings. The van der Waals surface area contributed by atoms with Gasteiger partial charge in [-0.05, 0) is 24.2 Å². The van der Waals surface area contributed by atoms with Gasteiger partial charge in [-0.3, -0.25) is 0 Å². The van der Waals surface area contributed by atoms with Crippen LogP contribution < -0.4 is 0 Å². The molecule has 0 aliphatic carbocycles. The molecule has 0 saturated carbocycles. The van der Waals surface area contributed by atoms with Gasteiger partial charge in [-0.2, -0.15) is 11.8 Å². The normalized spacial score (nSPS) is 23.8. The maximum atomic E-state index is 2.25. The molecule has 0 N–H and O–H groups in total. The third kappa shape index (κ3) is 1.84. The number of thioether (sulfide) groups is 1. The highest BCUT2D eigenvalue weighted by Gasteiger charge is 2.14. The van der Waals surface area contributed by atoms with E-state index in [9.17, 15) is 0 Å². The van der Waals surface area contributed by atoms with Crippen LogP contribution in [0.5, 0.6) is 0 Å². The summed E-state index contributed by atoms with van der Waals surface area (Å²) < 4.78 is 0. The van der Waals surface area contributed by atoms with Crippen molar-refractivity contribution >= 4 is 11.8 Å². The standard InChI is InChI=1S/C11H14S/c1-2-6-10(7-3-1)11-8-4-5-9-12-11/h1-3,6-7,11H,4-5,8-9H2/t11-/m0/s1. The highest BCUT2D eigenvalue weighted by molar-refractivity contribution is 7.99. The highest BCUT2D eigenvalue weighted by atomic mass is 32.2. The van der Waals surface area contributed by atoms with Crippen LogP contribution in [0.2, 0.25) is 0 Å². The zero-order valence-corrected chi connectivity index (χ0v) is 8.02. The third-order valence-electron chi connectivity index (χ3n) is 2.35. The van der Waals surface area contributed by atoms with Crippen molar-refractivity contribution in [3.63, 3.8) is 0 Å². The van der Waals surface area contributed by atoms with E-state index in [2.05, 4.69) is 42.1 Å². The lowest BCUT2D eigenvalue weighted by atomic mass is 10.1. The van der Waals surface area contributed by atoms with Crippen LogP contribution >= 0.6 is 11.8 Å².